The molecule has 2 amide bonds. The number of piperazine rings is 1. The number of aromatic nitrogens is 3. The Hall–Kier alpha value is -2.77. The number of rotatable bonds is 2. The minimum atomic E-state index is -0.365. The normalized spacial score (nSPS) is 15.0. The van der Waals surface area contributed by atoms with Gasteiger partial charge >= 0.3 is 0 Å². The first kappa shape index (κ1) is 13.2. The van der Waals surface area contributed by atoms with E-state index in [9.17, 15) is 14.4 Å². The molecule has 1 aliphatic rings. The second kappa shape index (κ2) is 5.31. The number of carbonyl (C=O) groups excluding carboxylic acids is 2. The van der Waals surface area contributed by atoms with Crippen LogP contribution in [0.15, 0.2) is 29.1 Å². The van der Waals surface area contributed by atoms with Crippen LogP contribution in [-0.4, -0.2) is 51.3 Å². The maximum atomic E-state index is 12.2. The van der Waals surface area contributed by atoms with Crippen molar-refractivity contribution in [2.24, 2.45) is 0 Å². The Morgan fingerprint density at radius 3 is 2.90 bits per heavy atom. The fourth-order valence-corrected chi connectivity index (χ4v) is 2.21. The lowest BCUT2D eigenvalue weighted by Gasteiger charge is -2.26. The van der Waals surface area contributed by atoms with Crippen LogP contribution in [-0.2, 0) is 16.1 Å². The molecule has 8 nitrogen and oxygen atoms in total. The van der Waals surface area contributed by atoms with Gasteiger partial charge in [-0.3, -0.25) is 14.4 Å². The standard InChI is InChI=1S/C13H13N5O3/c19-11-7-17(6-5-14-11)12(20)8-18-13(21)9-3-1-2-4-10(9)15-16-18/h1-4H,5-8H2,(H,14,19). The molecule has 0 radical (unpaired) electrons. The van der Waals surface area contributed by atoms with Crippen LogP contribution in [0.2, 0.25) is 0 Å². The molecule has 21 heavy (non-hydrogen) atoms. The van der Waals surface area contributed by atoms with Crippen molar-refractivity contribution in [1.82, 2.24) is 25.2 Å². The lowest BCUT2D eigenvalue weighted by molar-refractivity contribution is -0.138. The smallest absolute Gasteiger partial charge is 0.278 e. The number of amides is 2. The molecule has 1 saturated heterocycles. The predicted octanol–water partition coefficient (Wildman–Crippen LogP) is -1.25. The van der Waals surface area contributed by atoms with E-state index in [1.165, 1.54) is 4.90 Å². The van der Waals surface area contributed by atoms with Crippen molar-refractivity contribution in [3.63, 3.8) is 0 Å². The molecule has 0 atom stereocenters. The molecule has 2 aromatic rings. The topological polar surface area (TPSA) is 97.2 Å². The highest BCUT2D eigenvalue weighted by molar-refractivity contribution is 5.86. The second-order valence-electron chi connectivity index (χ2n) is 4.73. The van der Waals surface area contributed by atoms with E-state index in [2.05, 4.69) is 15.6 Å². The van der Waals surface area contributed by atoms with Gasteiger partial charge in [0.2, 0.25) is 11.8 Å². The van der Waals surface area contributed by atoms with Crippen LogP contribution in [0, 0.1) is 0 Å². The van der Waals surface area contributed by atoms with E-state index in [0.29, 0.717) is 24.0 Å². The van der Waals surface area contributed by atoms with Gasteiger partial charge in [-0.15, -0.1) is 5.10 Å². The number of fused-ring (bicyclic) bond motifs is 1. The van der Waals surface area contributed by atoms with Crippen molar-refractivity contribution in [3.8, 4) is 0 Å². The summed E-state index contributed by atoms with van der Waals surface area (Å²) in [4.78, 5) is 37.0. The third-order valence-electron chi connectivity index (χ3n) is 3.31. The summed E-state index contributed by atoms with van der Waals surface area (Å²) in [6, 6.07) is 6.82. The van der Waals surface area contributed by atoms with E-state index >= 15 is 0 Å². The lowest BCUT2D eigenvalue weighted by Crippen LogP contribution is -2.51. The van der Waals surface area contributed by atoms with Gasteiger partial charge in [-0.05, 0) is 12.1 Å². The summed E-state index contributed by atoms with van der Waals surface area (Å²) in [5.74, 6) is -0.525. The Labute approximate surface area is 119 Å². The van der Waals surface area contributed by atoms with Crippen molar-refractivity contribution in [1.29, 1.82) is 0 Å². The Morgan fingerprint density at radius 2 is 2.10 bits per heavy atom. The molecule has 1 aliphatic heterocycles. The average molecular weight is 287 g/mol. The number of hydrogen-bond donors (Lipinski definition) is 1. The van der Waals surface area contributed by atoms with Crippen molar-refractivity contribution >= 4 is 22.7 Å². The zero-order chi connectivity index (χ0) is 14.8. The predicted molar refractivity (Wildman–Crippen MR) is 73.4 cm³/mol. The van der Waals surface area contributed by atoms with Crippen LogP contribution in [0.5, 0.6) is 0 Å². The van der Waals surface area contributed by atoms with E-state index in [-0.39, 0.29) is 30.5 Å². The van der Waals surface area contributed by atoms with Crippen molar-refractivity contribution in [2.45, 2.75) is 6.54 Å². The molecule has 1 fully saturated rings. The highest BCUT2D eigenvalue weighted by Gasteiger charge is 2.22. The first-order valence-corrected chi connectivity index (χ1v) is 6.52. The highest BCUT2D eigenvalue weighted by Crippen LogP contribution is 2.03. The zero-order valence-electron chi connectivity index (χ0n) is 11.2. The Kier molecular flexibility index (Phi) is 3.35. The highest BCUT2D eigenvalue weighted by atomic mass is 16.2. The molecule has 1 aromatic heterocycles. The first-order chi connectivity index (χ1) is 10.1. The molecular weight excluding hydrogens is 274 g/mol. The first-order valence-electron chi connectivity index (χ1n) is 6.52. The molecular formula is C13H13N5O3. The third kappa shape index (κ3) is 2.60. The molecule has 2 heterocycles. The molecule has 8 heteroatoms. The summed E-state index contributed by atoms with van der Waals surface area (Å²) in [6.45, 7) is 0.641. The molecule has 0 spiro atoms. The molecule has 3 rings (SSSR count). The van der Waals surface area contributed by atoms with Crippen LogP contribution in [0.1, 0.15) is 0 Å². The average Bonchev–Trinajstić information content (AvgIpc) is 2.50. The van der Waals surface area contributed by atoms with Gasteiger partial charge in [-0.1, -0.05) is 17.3 Å². The SMILES string of the molecule is O=C1CN(C(=O)Cn2nnc3ccccc3c2=O)CCN1. The van der Waals surface area contributed by atoms with Crippen LogP contribution >= 0.6 is 0 Å². The van der Waals surface area contributed by atoms with Crippen LogP contribution in [0.25, 0.3) is 10.9 Å². The van der Waals surface area contributed by atoms with Gasteiger partial charge < -0.3 is 10.2 Å². The van der Waals surface area contributed by atoms with E-state index in [1.807, 2.05) is 0 Å². The fourth-order valence-electron chi connectivity index (χ4n) is 2.21. The van der Waals surface area contributed by atoms with E-state index in [0.717, 1.165) is 4.68 Å². The van der Waals surface area contributed by atoms with E-state index in [4.69, 9.17) is 0 Å². The Morgan fingerprint density at radius 1 is 1.29 bits per heavy atom. The summed E-state index contributed by atoms with van der Waals surface area (Å²) >= 11 is 0. The number of hydrogen-bond acceptors (Lipinski definition) is 5. The maximum absolute atomic E-state index is 12.2. The number of nitrogens with zero attached hydrogens (tertiary/aromatic N) is 4. The molecule has 0 unspecified atom stereocenters. The monoisotopic (exact) mass is 287 g/mol. The van der Waals surface area contributed by atoms with Crippen molar-refractivity contribution in [3.05, 3.63) is 34.6 Å². The van der Waals surface area contributed by atoms with E-state index in [1.54, 1.807) is 24.3 Å². The number of benzene rings is 1. The molecule has 1 aromatic carbocycles. The van der Waals surface area contributed by atoms with Gasteiger partial charge in [0.15, 0.2) is 0 Å². The van der Waals surface area contributed by atoms with Crippen LogP contribution in [0.4, 0.5) is 0 Å². The Bertz CT molecular complexity index is 770. The molecule has 0 saturated carbocycles. The van der Waals surface area contributed by atoms with E-state index < -0.39 is 0 Å². The third-order valence-corrected chi connectivity index (χ3v) is 3.31. The summed E-state index contributed by atoms with van der Waals surface area (Å²) in [5.41, 5.74) is 0.124. The minimum Gasteiger partial charge on any atom is -0.353 e. The van der Waals surface area contributed by atoms with Crippen LogP contribution in [0.3, 0.4) is 0 Å². The lowest BCUT2D eigenvalue weighted by atomic mass is 10.2. The zero-order valence-corrected chi connectivity index (χ0v) is 11.2. The van der Waals surface area contributed by atoms with Gasteiger partial charge in [0.1, 0.15) is 12.1 Å². The van der Waals surface area contributed by atoms with Gasteiger partial charge in [0, 0.05) is 13.1 Å². The summed E-state index contributed by atoms with van der Waals surface area (Å²) < 4.78 is 1.02. The van der Waals surface area contributed by atoms with Crippen LogP contribution < -0.4 is 10.9 Å². The summed E-state index contributed by atoms with van der Waals surface area (Å²) in [7, 11) is 0. The number of carbonyl (C=O) groups is 2. The van der Waals surface area contributed by atoms with Crippen molar-refractivity contribution < 1.29 is 9.59 Å². The summed E-state index contributed by atoms with van der Waals surface area (Å²) in [5, 5.41) is 10.7. The van der Waals surface area contributed by atoms with Crippen molar-refractivity contribution in [2.75, 3.05) is 19.6 Å². The number of nitrogens with one attached hydrogen (secondary N) is 1. The molecule has 0 aliphatic carbocycles. The quantitative estimate of drug-likeness (QED) is 0.744. The fraction of sp³-hybridized carbons (Fsp3) is 0.308. The molecule has 108 valence electrons. The van der Waals surface area contributed by atoms with Gasteiger partial charge in [0.05, 0.1) is 11.9 Å². The molecule has 1 N–H and O–H groups in total. The van der Waals surface area contributed by atoms with Gasteiger partial charge in [0.25, 0.3) is 5.56 Å². The Balaban J connectivity index is 1.84. The minimum absolute atomic E-state index is 0.00853. The molecule has 0 bridgehead atoms. The maximum Gasteiger partial charge on any atom is 0.278 e. The largest absolute Gasteiger partial charge is 0.353 e. The second-order valence-corrected chi connectivity index (χ2v) is 4.73. The summed E-state index contributed by atoms with van der Waals surface area (Å²) in [6.07, 6.45) is 0. The van der Waals surface area contributed by atoms with Gasteiger partial charge in [-0.25, -0.2) is 4.68 Å². The van der Waals surface area contributed by atoms with Gasteiger partial charge in [-0.2, -0.15) is 0 Å².